The molecule has 1 amide bonds. The number of hydrogen-bond donors (Lipinski definition) is 1. The van der Waals surface area contributed by atoms with Crippen molar-refractivity contribution in [2.75, 3.05) is 43.5 Å². The van der Waals surface area contributed by atoms with Crippen molar-refractivity contribution in [1.29, 1.82) is 0 Å². The van der Waals surface area contributed by atoms with Gasteiger partial charge in [-0.25, -0.2) is 0 Å². The van der Waals surface area contributed by atoms with Crippen LogP contribution < -0.4 is 15.1 Å². The van der Waals surface area contributed by atoms with Crippen LogP contribution in [0, 0.1) is 0 Å². The molecule has 0 fully saturated rings. The van der Waals surface area contributed by atoms with E-state index in [4.69, 9.17) is 0 Å². The SMILES string of the molecule is CNCCN1CC(=O)N(C)c2ccccc21. The maximum atomic E-state index is 11.8. The number of benzene rings is 1. The largest absolute Gasteiger partial charge is 0.359 e. The van der Waals surface area contributed by atoms with E-state index in [0.29, 0.717) is 6.54 Å². The average molecular weight is 219 g/mol. The quantitative estimate of drug-likeness (QED) is 0.812. The molecule has 1 aromatic rings. The molecule has 4 heteroatoms. The highest BCUT2D eigenvalue weighted by Crippen LogP contribution is 2.31. The van der Waals surface area contributed by atoms with E-state index >= 15 is 0 Å². The summed E-state index contributed by atoms with van der Waals surface area (Å²) in [6.07, 6.45) is 0. The first-order valence-corrected chi connectivity index (χ1v) is 5.49. The van der Waals surface area contributed by atoms with Crippen molar-refractivity contribution < 1.29 is 4.79 Å². The van der Waals surface area contributed by atoms with Crippen LogP contribution in [0.3, 0.4) is 0 Å². The summed E-state index contributed by atoms with van der Waals surface area (Å²) in [5.41, 5.74) is 2.13. The van der Waals surface area contributed by atoms with E-state index in [9.17, 15) is 4.79 Å². The second kappa shape index (κ2) is 4.53. The minimum absolute atomic E-state index is 0.148. The molecule has 1 N–H and O–H groups in total. The lowest BCUT2D eigenvalue weighted by Crippen LogP contribution is -2.45. The first-order valence-electron chi connectivity index (χ1n) is 5.49. The summed E-state index contributed by atoms with van der Waals surface area (Å²) in [6, 6.07) is 8.02. The first-order chi connectivity index (χ1) is 7.74. The summed E-state index contributed by atoms with van der Waals surface area (Å²) in [7, 11) is 3.75. The Morgan fingerprint density at radius 2 is 2.00 bits per heavy atom. The number of hydrogen-bond acceptors (Lipinski definition) is 3. The van der Waals surface area contributed by atoms with Crippen LogP contribution in [0.2, 0.25) is 0 Å². The van der Waals surface area contributed by atoms with Gasteiger partial charge in [-0.05, 0) is 19.2 Å². The van der Waals surface area contributed by atoms with Crippen molar-refractivity contribution in [3.63, 3.8) is 0 Å². The molecule has 1 aromatic carbocycles. The predicted molar refractivity (Wildman–Crippen MR) is 66.0 cm³/mol. The number of likely N-dealkylation sites (N-methyl/N-ethyl adjacent to an activating group) is 2. The molecule has 0 spiro atoms. The van der Waals surface area contributed by atoms with E-state index < -0.39 is 0 Å². The van der Waals surface area contributed by atoms with E-state index in [-0.39, 0.29) is 5.91 Å². The fourth-order valence-corrected chi connectivity index (χ4v) is 1.95. The standard InChI is InChI=1S/C12H17N3O/c1-13-7-8-15-9-12(16)14(2)10-5-3-4-6-11(10)15/h3-6,13H,7-9H2,1-2H3. The molecule has 0 bridgehead atoms. The molecule has 16 heavy (non-hydrogen) atoms. The van der Waals surface area contributed by atoms with E-state index in [1.165, 1.54) is 0 Å². The summed E-state index contributed by atoms with van der Waals surface area (Å²) in [4.78, 5) is 15.6. The highest BCUT2D eigenvalue weighted by molar-refractivity contribution is 6.02. The summed E-state index contributed by atoms with van der Waals surface area (Å²) in [5, 5.41) is 3.11. The Morgan fingerprint density at radius 3 is 2.69 bits per heavy atom. The second-order valence-electron chi connectivity index (χ2n) is 3.97. The van der Waals surface area contributed by atoms with Crippen LogP contribution in [0.15, 0.2) is 24.3 Å². The minimum atomic E-state index is 0.148. The van der Waals surface area contributed by atoms with Crippen LogP contribution in [0.25, 0.3) is 0 Å². The number of para-hydroxylation sites is 2. The normalized spacial score (nSPS) is 15.2. The van der Waals surface area contributed by atoms with Gasteiger partial charge in [0.1, 0.15) is 0 Å². The monoisotopic (exact) mass is 219 g/mol. The Labute approximate surface area is 95.8 Å². The van der Waals surface area contributed by atoms with Gasteiger partial charge in [0.15, 0.2) is 0 Å². The molecule has 0 radical (unpaired) electrons. The van der Waals surface area contributed by atoms with Gasteiger partial charge in [-0.15, -0.1) is 0 Å². The zero-order valence-corrected chi connectivity index (χ0v) is 9.73. The Balaban J connectivity index is 2.29. The molecule has 2 rings (SSSR count). The average Bonchev–Trinajstić information content (AvgIpc) is 2.32. The summed E-state index contributed by atoms with van der Waals surface area (Å²) in [6.45, 7) is 2.20. The van der Waals surface area contributed by atoms with E-state index in [1.54, 1.807) is 4.90 Å². The van der Waals surface area contributed by atoms with Crippen LogP contribution >= 0.6 is 0 Å². The highest BCUT2D eigenvalue weighted by atomic mass is 16.2. The van der Waals surface area contributed by atoms with Crippen molar-refractivity contribution in [2.45, 2.75) is 0 Å². The maximum absolute atomic E-state index is 11.8. The number of anilines is 2. The summed E-state index contributed by atoms with van der Waals surface area (Å²) >= 11 is 0. The maximum Gasteiger partial charge on any atom is 0.246 e. The molecule has 86 valence electrons. The summed E-state index contributed by atoms with van der Waals surface area (Å²) < 4.78 is 0. The minimum Gasteiger partial charge on any atom is -0.359 e. The van der Waals surface area contributed by atoms with Gasteiger partial charge < -0.3 is 15.1 Å². The topological polar surface area (TPSA) is 35.6 Å². The van der Waals surface area contributed by atoms with E-state index in [0.717, 1.165) is 24.5 Å². The zero-order chi connectivity index (χ0) is 11.5. The molecular weight excluding hydrogens is 202 g/mol. The van der Waals surface area contributed by atoms with E-state index in [1.807, 2.05) is 32.3 Å². The van der Waals surface area contributed by atoms with Crippen molar-refractivity contribution >= 4 is 17.3 Å². The van der Waals surface area contributed by atoms with Crippen molar-refractivity contribution in [2.24, 2.45) is 0 Å². The van der Waals surface area contributed by atoms with Crippen LogP contribution in [0.4, 0.5) is 11.4 Å². The van der Waals surface area contributed by atoms with Crippen LogP contribution in [-0.2, 0) is 4.79 Å². The number of carbonyl (C=O) groups is 1. The van der Waals surface area contributed by atoms with Crippen LogP contribution in [-0.4, -0.2) is 39.6 Å². The van der Waals surface area contributed by atoms with Crippen molar-refractivity contribution in [1.82, 2.24) is 5.32 Å². The van der Waals surface area contributed by atoms with E-state index in [2.05, 4.69) is 16.3 Å². The third-order valence-electron chi connectivity index (χ3n) is 2.92. The molecule has 1 heterocycles. The molecule has 1 aliphatic rings. The predicted octanol–water partition coefficient (Wildman–Crippen LogP) is 0.689. The number of nitrogens with one attached hydrogen (secondary N) is 1. The van der Waals surface area contributed by atoms with Crippen LogP contribution in [0.5, 0.6) is 0 Å². The number of carbonyl (C=O) groups excluding carboxylic acids is 1. The lowest BCUT2D eigenvalue weighted by Gasteiger charge is -2.35. The first kappa shape index (κ1) is 11.0. The van der Waals surface area contributed by atoms with Gasteiger partial charge in [0, 0.05) is 20.1 Å². The lowest BCUT2D eigenvalue weighted by molar-refractivity contribution is -0.117. The van der Waals surface area contributed by atoms with Gasteiger partial charge in [-0.3, -0.25) is 4.79 Å². The van der Waals surface area contributed by atoms with Crippen LogP contribution in [0.1, 0.15) is 0 Å². The third kappa shape index (κ3) is 1.88. The Bertz CT molecular complexity index is 392. The number of rotatable bonds is 3. The molecular formula is C12H17N3O. The molecule has 0 saturated heterocycles. The fourth-order valence-electron chi connectivity index (χ4n) is 1.95. The second-order valence-corrected chi connectivity index (χ2v) is 3.97. The van der Waals surface area contributed by atoms with Gasteiger partial charge in [0.2, 0.25) is 5.91 Å². The van der Waals surface area contributed by atoms with Gasteiger partial charge in [-0.2, -0.15) is 0 Å². The summed E-state index contributed by atoms with van der Waals surface area (Å²) in [5.74, 6) is 0.148. The van der Waals surface area contributed by atoms with Gasteiger partial charge >= 0.3 is 0 Å². The molecule has 0 unspecified atom stereocenters. The molecule has 0 aliphatic carbocycles. The number of amides is 1. The fraction of sp³-hybridized carbons (Fsp3) is 0.417. The Morgan fingerprint density at radius 1 is 1.31 bits per heavy atom. The number of fused-ring (bicyclic) bond motifs is 1. The lowest BCUT2D eigenvalue weighted by atomic mass is 10.1. The van der Waals surface area contributed by atoms with Gasteiger partial charge in [-0.1, -0.05) is 12.1 Å². The zero-order valence-electron chi connectivity index (χ0n) is 9.73. The molecule has 0 saturated carbocycles. The van der Waals surface area contributed by atoms with Crippen molar-refractivity contribution in [3.8, 4) is 0 Å². The number of nitrogens with zero attached hydrogens (tertiary/aromatic N) is 2. The molecule has 4 nitrogen and oxygen atoms in total. The Hall–Kier alpha value is -1.55. The van der Waals surface area contributed by atoms with Gasteiger partial charge in [0.25, 0.3) is 0 Å². The van der Waals surface area contributed by atoms with Crippen molar-refractivity contribution in [3.05, 3.63) is 24.3 Å². The highest BCUT2D eigenvalue weighted by Gasteiger charge is 2.25. The molecule has 0 aromatic heterocycles. The van der Waals surface area contributed by atoms with Gasteiger partial charge in [0.05, 0.1) is 17.9 Å². The molecule has 0 atom stereocenters. The Kier molecular flexibility index (Phi) is 3.10. The third-order valence-corrected chi connectivity index (χ3v) is 2.92. The smallest absolute Gasteiger partial charge is 0.246 e. The molecule has 1 aliphatic heterocycles.